The van der Waals surface area contributed by atoms with Gasteiger partial charge in [0.1, 0.15) is 0 Å². The second kappa shape index (κ2) is 6.65. The lowest BCUT2D eigenvalue weighted by Gasteiger charge is -2.33. The normalized spacial score (nSPS) is 18.3. The highest BCUT2D eigenvalue weighted by molar-refractivity contribution is 7.89. The van der Waals surface area contributed by atoms with E-state index in [2.05, 4.69) is 13.8 Å². The third-order valence-corrected chi connectivity index (χ3v) is 6.52. The van der Waals surface area contributed by atoms with Crippen LogP contribution in [-0.4, -0.2) is 30.9 Å². The molecule has 1 aliphatic heterocycles. The van der Waals surface area contributed by atoms with E-state index in [1.165, 1.54) is 16.4 Å². The van der Waals surface area contributed by atoms with E-state index in [1.807, 2.05) is 0 Å². The van der Waals surface area contributed by atoms with Gasteiger partial charge in [-0.25, -0.2) is 8.42 Å². The Kier molecular flexibility index (Phi) is 5.30. The summed E-state index contributed by atoms with van der Waals surface area (Å²) in [7, 11) is -3.49. The maximum absolute atomic E-state index is 12.6. The first kappa shape index (κ1) is 16.7. The molecule has 21 heavy (non-hydrogen) atoms. The number of rotatable bonds is 4. The molecule has 0 amide bonds. The molecule has 6 heteroatoms. The number of aliphatic hydroxyl groups excluding tert-OH is 1. The van der Waals surface area contributed by atoms with Gasteiger partial charge in [-0.15, -0.1) is 0 Å². The Bertz CT molecular complexity index is 593. The van der Waals surface area contributed by atoms with Gasteiger partial charge in [-0.2, -0.15) is 4.31 Å². The molecule has 4 nitrogen and oxygen atoms in total. The Balaban J connectivity index is 2.17. The highest BCUT2D eigenvalue weighted by Crippen LogP contribution is 2.29. The largest absolute Gasteiger partial charge is 0.392 e. The number of hydrogen-bond acceptors (Lipinski definition) is 3. The summed E-state index contributed by atoms with van der Waals surface area (Å²) in [5, 5.41) is 9.39. The van der Waals surface area contributed by atoms with Crippen LogP contribution in [0.4, 0.5) is 0 Å². The van der Waals surface area contributed by atoms with Gasteiger partial charge in [-0.3, -0.25) is 0 Å². The third-order valence-electron chi connectivity index (χ3n) is 4.27. The molecule has 1 aliphatic rings. The topological polar surface area (TPSA) is 57.6 Å². The van der Waals surface area contributed by atoms with E-state index < -0.39 is 10.0 Å². The van der Waals surface area contributed by atoms with Crippen molar-refractivity contribution in [2.75, 3.05) is 13.1 Å². The molecule has 1 aromatic carbocycles. The summed E-state index contributed by atoms with van der Waals surface area (Å²) < 4.78 is 26.8. The van der Waals surface area contributed by atoms with Crippen molar-refractivity contribution in [3.63, 3.8) is 0 Å². The van der Waals surface area contributed by atoms with Gasteiger partial charge in [0, 0.05) is 18.1 Å². The van der Waals surface area contributed by atoms with E-state index in [0.29, 0.717) is 30.5 Å². The molecular weight excluding hydrogens is 310 g/mol. The molecule has 1 heterocycles. The molecule has 0 saturated carbocycles. The van der Waals surface area contributed by atoms with Crippen molar-refractivity contribution in [3.05, 3.63) is 28.8 Å². The Morgan fingerprint density at radius 3 is 2.43 bits per heavy atom. The second-order valence-corrected chi connectivity index (χ2v) is 8.24. The number of benzene rings is 1. The average Bonchev–Trinajstić information content (AvgIpc) is 2.47. The highest BCUT2D eigenvalue weighted by atomic mass is 35.5. The summed E-state index contributed by atoms with van der Waals surface area (Å²) in [6, 6.07) is 4.51. The Morgan fingerprint density at radius 1 is 1.33 bits per heavy atom. The fourth-order valence-corrected chi connectivity index (χ4v) is 4.55. The highest BCUT2D eigenvalue weighted by Gasteiger charge is 2.30. The molecule has 1 saturated heterocycles. The monoisotopic (exact) mass is 331 g/mol. The Hall–Kier alpha value is -0.620. The molecule has 1 fully saturated rings. The molecule has 0 spiro atoms. The molecule has 118 valence electrons. The fraction of sp³-hybridized carbons (Fsp3) is 0.600. The number of halogens is 1. The van der Waals surface area contributed by atoms with Crippen LogP contribution in [0.5, 0.6) is 0 Å². The Morgan fingerprint density at radius 2 is 1.95 bits per heavy atom. The Labute approximate surface area is 131 Å². The fourth-order valence-electron chi connectivity index (χ4n) is 2.75. The van der Waals surface area contributed by atoms with E-state index in [0.717, 1.165) is 12.8 Å². The van der Waals surface area contributed by atoms with Crippen LogP contribution in [0.2, 0.25) is 5.02 Å². The smallest absolute Gasteiger partial charge is 0.243 e. The van der Waals surface area contributed by atoms with Crippen molar-refractivity contribution >= 4 is 21.6 Å². The summed E-state index contributed by atoms with van der Waals surface area (Å²) >= 11 is 6.00. The number of sulfonamides is 1. The van der Waals surface area contributed by atoms with Crippen molar-refractivity contribution in [1.82, 2.24) is 4.31 Å². The van der Waals surface area contributed by atoms with E-state index >= 15 is 0 Å². The minimum Gasteiger partial charge on any atom is -0.392 e. The third kappa shape index (κ3) is 3.59. The molecular formula is C15H22ClNO3S. The lowest BCUT2D eigenvalue weighted by molar-refractivity contribution is 0.226. The maximum Gasteiger partial charge on any atom is 0.243 e. The van der Waals surface area contributed by atoms with E-state index in [-0.39, 0.29) is 16.5 Å². The standard InChI is InChI=1S/C15H22ClNO3S/c1-11(2)12-5-7-17(8-6-12)21(19,20)14-4-3-13(10-18)15(16)9-14/h3-4,9,11-12,18H,5-8,10H2,1-2H3. The van der Waals surface area contributed by atoms with Gasteiger partial charge < -0.3 is 5.11 Å². The average molecular weight is 332 g/mol. The number of nitrogens with zero attached hydrogens (tertiary/aromatic N) is 1. The number of aliphatic hydroxyl groups is 1. The molecule has 0 radical (unpaired) electrons. The second-order valence-electron chi connectivity index (χ2n) is 5.90. The minimum atomic E-state index is -3.49. The van der Waals surface area contributed by atoms with Gasteiger partial charge in [-0.1, -0.05) is 31.5 Å². The maximum atomic E-state index is 12.6. The SMILES string of the molecule is CC(C)C1CCN(S(=O)(=O)c2ccc(CO)c(Cl)c2)CC1. The van der Waals surface area contributed by atoms with Gasteiger partial charge in [0.15, 0.2) is 0 Å². The lowest BCUT2D eigenvalue weighted by atomic mass is 9.87. The van der Waals surface area contributed by atoms with Crippen LogP contribution in [0.25, 0.3) is 0 Å². The van der Waals surface area contributed by atoms with Gasteiger partial charge >= 0.3 is 0 Å². The zero-order chi connectivity index (χ0) is 15.6. The first-order valence-electron chi connectivity index (χ1n) is 7.25. The number of piperidine rings is 1. The van der Waals surface area contributed by atoms with Crippen molar-refractivity contribution in [2.24, 2.45) is 11.8 Å². The van der Waals surface area contributed by atoms with Crippen molar-refractivity contribution < 1.29 is 13.5 Å². The van der Waals surface area contributed by atoms with E-state index in [9.17, 15) is 8.42 Å². The lowest BCUT2D eigenvalue weighted by Crippen LogP contribution is -2.39. The molecule has 2 rings (SSSR count). The zero-order valence-electron chi connectivity index (χ0n) is 12.4. The quantitative estimate of drug-likeness (QED) is 0.923. The van der Waals surface area contributed by atoms with Crippen LogP contribution in [0.1, 0.15) is 32.3 Å². The van der Waals surface area contributed by atoms with Crippen LogP contribution in [0.15, 0.2) is 23.1 Å². The van der Waals surface area contributed by atoms with Crippen molar-refractivity contribution in [2.45, 2.75) is 38.2 Å². The zero-order valence-corrected chi connectivity index (χ0v) is 14.0. The molecule has 0 bridgehead atoms. The van der Waals surface area contributed by atoms with E-state index in [4.69, 9.17) is 16.7 Å². The minimum absolute atomic E-state index is 0.195. The first-order valence-corrected chi connectivity index (χ1v) is 9.07. The summed E-state index contributed by atoms with van der Waals surface area (Å²) in [6.45, 7) is 5.29. The molecule has 1 N–H and O–H groups in total. The molecule has 1 aromatic rings. The van der Waals surface area contributed by atoms with Crippen molar-refractivity contribution in [1.29, 1.82) is 0 Å². The van der Waals surface area contributed by atoms with Gasteiger partial charge in [0.2, 0.25) is 10.0 Å². The summed E-state index contributed by atoms with van der Waals surface area (Å²) in [5.74, 6) is 1.19. The predicted octanol–water partition coefficient (Wildman–Crippen LogP) is 2.89. The first-order chi connectivity index (χ1) is 9.86. The molecule has 0 aromatic heterocycles. The summed E-state index contributed by atoms with van der Waals surface area (Å²) in [6.07, 6.45) is 1.80. The van der Waals surface area contributed by atoms with Gasteiger partial charge in [0.25, 0.3) is 0 Å². The summed E-state index contributed by atoms with van der Waals surface area (Å²) in [5.41, 5.74) is 0.536. The van der Waals surface area contributed by atoms with Crippen LogP contribution in [-0.2, 0) is 16.6 Å². The van der Waals surface area contributed by atoms with Crippen LogP contribution in [0.3, 0.4) is 0 Å². The molecule has 0 atom stereocenters. The van der Waals surface area contributed by atoms with Crippen molar-refractivity contribution in [3.8, 4) is 0 Å². The van der Waals surface area contributed by atoms with E-state index in [1.54, 1.807) is 6.07 Å². The van der Waals surface area contributed by atoms with Gasteiger partial charge in [0.05, 0.1) is 11.5 Å². The van der Waals surface area contributed by atoms with Crippen LogP contribution < -0.4 is 0 Å². The molecule has 0 aliphatic carbocycles. The predicted molar refractivity (Wildman–Crippen MR) is 83.7 cm³/mol. The van der Waals surface area contributed by atoms with Gasteiger partial charge in [-0.05, 0) is 42.4 Å². The summed E-state index contributed by atoms with van der Waals surface area (Å²) in [4.78, 5) is 0.202. The number of hydrogen-bond donors (Lipinski definition) is 1. The van der Waals surface area contributed by atoms with Crippen LogP contribution in [0, 0.1) is 11.8 Å². The van der Waals surface area contributed by atoms with Crippen LogP contribution >= 0.6 is 11.6 Å². The molecule has 0 unspecified atom stereocenters.